The number of aryl methyl sites for hydroxylation is 3. The van der Waals surface area contributed by atoms with Crippen LogP contribution < -0.4 is 0 Å². The fourth-order valence-electron chi connectivity index (χ4n) is 7.32. The third-order valence-corrected chi connectivity index (χ3v) is 9.67. The highest BCUT2D eigenvalue weighted by Crippen LogP contribution is 2.51. The van der Waals surface area contributed by atoms with Crippen LogP contribution in [-0.4, -0.2) is 0 Å². The van der Waals surface area contributed by atoms with Gasteiger partial charge in [-0.3, -0.25) is 0 Å². The molecule has 0 nitrogen and oxygen atoms in total. The van der Waals surface area contributed by atoms with E-state index in [9.17, 15) is 0 Å². The summed E-state index contributed by atoms with van der Waals surface area (Å²) in [5.74, 6) is 0. The fourth-order valence-corrected chi connectivity index (χ4v) is 7.32. The molecule has 0 saturated heterocycles. The Labute approximate surface area is 238 Å². The summed E-state index contributed by atoms with van der Waals surface area (Å²) in [6.07, 6.45) is 0. The Hall–Kier alpha value is -4.16. The van der Waals surface area contributed by atoms with E-state index in [1.807, 2.05) is 0 Å². The molecule has 40 heavy (non-hydrogen) atoms. The molecule has 0 spiro atoms. The lowest BCUT2D eigenvalue weighted by Crippen LogP contribution is -2.14. The normalized spacial score (nSPS) is 13.6. The summed E-state index contributed by atoms with van der Waals surface area (Å²) in [7, 11) is 0. The van der Waals surface area contributed by atoms with Crippen LogP contribution in [-0.2, 0) is 5.41 Å². The summed E-state index contributed by atoms with van der Waals surface area (Å²) in [6.45, 7) is 16.0. The van der Waals surface area contributed by atoms with Crippen LogP contribution in [0, 0.1) is 34.6 Å². The molecular formula is C40H36. The molecule has 0 atom stereocenters. The second-order valence-electron chi connectivity index (χ2n) is 12.4. The highest BCUT2D eigenvalue weighted by molar-refractivity contribution is 6.22. The van der Waals surface area contributed by atoms with Gasteiger partial charge in [-0.1, -0.05) is 104 Å². The topological polar surface area (TPSA) is 0 Å². The van der Waals surface area contributed by atoms with Crippen LogP contribution in [0.15, 0.2) is 91.0 Å². The first-order valence-electron chi connectivity index (χ1n) is 14.5. The van der Waals surface area contributed by atoms with Crippen LogP contribution in [0.2, 0.25) is 0 Å². The summed E-state index contributed by atoms with van der Waals surface area (Å²) in [5.41, 5.74) is 17.7. The summed E-state index contributed by atoms with van der Waals surface area (Å²) in [6, 6.07) is 34.5. The van der Waals surface area contributed by atoms with Crippen molar-refractivity contribution in [2.75, 3.05) is 0 Å². The number of hydrogen-bond acceptors (Lipinski definition) is 0. The molecule has 0 unspecified atom stereocenters. The second-order valence-corrected chi connectivity index (χ2v) is 12.4. The first-order valence-corrected chi connectivity index (χ1v) is 14.5. The maximum atomic E-state index is 2.48. The van der Waals surface area contributed by atoms with Gasteiger partial charge in [-0.05, 0) is 129 Å². The maximum absolute atomic E-state index is 2.48. The predicted octanol–water partition coefficient (Wildman–Crippen LogP) is 11.2. The average molecular weight is 517 g/mol. The van der Waals surface area contributed by atoms with Crippen LogP contribution in [0.25, 0.3) is 54.9 Å². The minimum Gasteiger partial charge on any atom is -0.0619 e. The molecule has 1 aliphatic rings. The van der Waals surface area contributed by atoms with E-state index in [1.54, 1.807) is 0 Å². The van der Waals surface area contributed by atoms with Crippen molar-refractivity contribution in [2.24, 2.45) is 0 Å². The van der Waals surface area contributed by atoms with Gasteiger partial charge in [0.1, 0.15) is 0 Å². The predicted molar refractivity (Wildman–Crippen MR) is 174 cm³/mol. The van der Waals surface area contributed by atoms with Crippen molar-refractivity contribution < 1.29 is 0 Å². The summed E-state index contributed by atoms with van der Waals surface area (Å²) in [4.78, 5) is 0. The molecule has 196 valence electrons. The van der Waals surface area contributed by atoms with Gasteiger partial charge >= 0.3 is 0 Å². The Morgan fingerprint density at radius 3 is 1.77 bits per heavy atom. The van der Waals surface area contributed by atoms with Crippen LogP contribution in [0.4, 0.5) is 0 Å². The van der Waals surface area contributed by atoms with Crippen molar-refractivity contribution in [3.8, 4) is 33.4 Å². The molecule has 0 aliphatic heterocycles. The molecule has 7 rings (SSSR count). The third-order valence-electron chi connectivity index (χ3n) is 9.67. The Balaban J connectivity index is 1.61. The monoisotopic (exact) mass is 516 g/mol. The standard InChI is InChI=1S/C40H36/c1-23-16-18-33-34(20-23)38(28-17-19-30-29-12-10-11-15-35(29)40(6,7)36(30)22-28)31-13-8-9-14-32(31)39(33)37-26(4)24(2)21-25(3)27(37)5/h8-22H,1-7H3. The van der Waals surface area contributed by atoms with Crippen molar-refractivity contribution in [3.05, 3.63) is 130 Å². The van der Waals surface area contributed by atoms with Crippen molar-refractivity contribution in [3.63, 3.8) is 0 Å². The van der Waals surface area contributed by atoms with Gasteiger partial charge in [0, 0.05) is 5.41 Å². The summed E-state index contributed by atoms with van der Waals surface area (Å²) < 4.78 is 0. The first kappa shape index (κ1) is 24.9. The molecule has 0 amide bonds. The molecule has 1 aliphatic carbocycles. The van der Waals surface area contributed by atoms with Gasteiger partial charge in [-0.25, -0.2) is 0 Å². The lowest BCUT2D eigenvalue weighted by Gasteiger charge is -2.24. The van der Waals surface area contributed by atoms with Gasteiger partial charge in [-0.2, -0.15) is 0 Å². The van der Waals surface area contributed by atoms with Crippen LogP contribution in [0.3, 0.4) is 0 Å². The van der Waals surface area contributed by atoms with Crippen LogP contribution in [0.5, 0.6) is 0 Å². The molecule has 0 bridgehead atoms. The molecule has 6 aromatic rings. The molecule has 0 N–H and O–H groups in total. The molecule has 0 fully saturated rings. The number of fused-ring (bicyclic) bond motifs is 5. The van der Waals surface area contributed by atoms with Crippen molar-refractivity contribution in [2.45, 2.75) is 53.9 Å². The summed E-state index contributed by atoms with van der Waals surface area (Å²) in [5, 5.41) is 5.31. The van der Waals surface area contributed by atoms with Gasteiger partial charge in [-0.15, -0.1) is 0 Å². The van der Waals surface area contributed by atoms with Crippen molar-refractivity contribution >= 4 is 21.5 Å². The Bertz CT molecular complexity index is 1990. The highest BCUT2D eigenvalue weighted by atomic mass is 14.4. The van der Waals surface area contributed by atoms with Gasteiger partial charge in [0.25, 0.3) is 0 Å². The number of benzene rings is 6. The number of hydrogen-bond donors (Lipinski definition) is 0. The van der Waals surface area contributed by atoms with Gasteiger partial charge in [0.05, 0.1) is 0 Å². The van der Waals surface area contributed by atoms with Gasteiger partial charge in [0.2, 0.25) is 0 Å². The SMILES string of the molecule is Cc1ccc2c(-c3c(C)c(C)cc(C)c3C)c3ccccc3c(-c3ccc4c(c3)C(C)(C)c3ccccc3-4)c2c1. The van der Waals surface area contributed by atoms with E-state index in [-0.39, 0.29) is 5.41 Å². The molecule has 0 heterocycles. The summed E-state index contributed by atoms with van der Waals surface area (Å²) >= 11 is 0. The Morgan fingerprint density at radius 1 is 0.450 bits per heavy atom. The van der Waals surface area contributed by atoms with E-state index < -0.39 is 0 Å². The molecule has 0 heteroatoms. The zero-order valence-electron chi connectivity index (χ0n) is 24.7. The van der Waals surface area contributed by atoms with Crippen molar-refractivity contribution in [1.82, 2.24) is 0 Å². The quantitative estimate of drug-likeness (QED) is 0.201. The highest BCUT2D eigenvalue weighted by Gasteiger charge is 2.35. The Kier molecular flexibility index (Phi) is 5.39. The van der Waals surface area contributed by atoms with Crippen LogP contribution >= 0.6 is 0 Å². The molecule has 6 aromatic carbocycles. The largest absolute Gasteiger partial charge is 0.0619 e. The molecular weight excluding hydrogens is 480 g/mol. The van der Waals surface area contributed by atoms with E-state index in [2.05, 4.69) is 139 Å². The van der Waals surface area contributed by atoms with E-state index in [4.69, 9.17) is 0 Å². The van der Waals surface area contributed by atoms with E-state index >= 15 is 0 Å². The van der Waals surface area contributed by atoms with Gasteiger partial charge < -0.3 is 0 Å². The second kappa shape index (κ2) is 8.67. The first-order chi connectivity index (χ1) is 19.2. The zero-order valence-corrected chi connectivity index (χ0v) is 24.7. The van der Waals surface area contributed by atoms with E-state index in [0.717, 1.165) is 0 Å². The average Bonchev–Trinajstić information content (AvgIpc) is 3.18. The smallest absolute Gasteiger partial charge is 0.0159 e. The molecule has 0 saturated carbocycles. The zero-order chi connectivity index (χ0) is 27.9. The van der Waals surface area contributed by atoms with E-state index in [1.165, 1.54) is 93.9 Å². The minimum absolute atomic E-state index is 0.0310. The fraction of sp³-hybridized carbons (Fsp3) is 0.200. The molecule has 0 radical (unpaired) electrons. The Morgan fingerprint density at radius 2 is 1.05 bits per heavy atom. The third kappa shape index (κ3) is 3.38. The lowest BCUT2D eigenvalue weighted by molar-refractivity contribution is 0.660. The minimum atomic E-state index is -0.0310. The van der Waals surface area contributed by atoms with Crippen molar-refractivity contribution in [1.29, 1.82) is 0 Å². The lowest BCUT2D eigenvalue weighted by atomic mass is 9.79. The van der Waals surface area contributed by atoms with Gasteiger partial charge in [0.15, 0.2) is 0 Å². The molecule has 0 aromatic heterocycles. The van der Waals surface area contributed by atoms with E-state index in [0.29, 0.717) is 0 Å². The van der Waals surface area contributed by atoms with Crippen LogP contribution in [0.1, 0.15) is 52.8 Å². The number of rotatable bonds is 2. The maximum Gasteiger partial charge on any atom is 0.0159 e.